The molecule has 1 aromatic rings. The van der Waals surface area contributed by atoms with Gasteiger partial charge in [-0.25, -0.2) is 17.9 Å². The van der Waals surface area contributed by atoms with Crippen molar-refractivity contribution in [1.82, 2.24) is 4.72 Å². The van der Waals surface area contributed by atoms with Gasteiger partial charge in [0.05, 0.1) is 10.5 Å². The third kappa shape index (κ3) is 3.68. The summed E-state index contributed by atoms with van der Waals surface area (Å²) in [5.74, 6) is -1.18. The molecule has 0 aliphatic carbocycles. The second-order valence-electron chi connectivity index (χ2n) is 4.19. The number of aromatic carboxylic acids is 1. The van der Waals surface area contributed by atoms with Gasteiger partial charge in [-0.3, -0.25) is 0 Å². The van der Waals surface area contributed by atoms with Crippen molar-refractivity contribution >= 4 is 21.7 Å². The van der Waals surface area contributed by atoms with E-state index in [0.717, 1.165) is 6.07 Å². The lowest BCUT2D eigenvalue weighted by molar-refractivity contribution is 0.0697. The van der Waals surface area contributed by atoms with Gasteiger partial charge in [-0.1, -0.05) is 6.92 Å². The molecule has 0 aliphatic heterocycles. The first-order valence-corrected chi connectivity index (χ1v) is 7.37. The molecule has 19 heavy (non-hydrogen) atoms. The molecule has 0 spiro atoms. The molecule has 0 bridgehead atoms. The second kappa shape index (κ2) is 6.03. The molecule has 1 rings (SSSR count). The molecule has 106 valence electrons. The number of carboxylic acids is 1. The largest absolute Gasteiger partial charge is 0.478 e. The number of hydrogen-bond donors (Lipinski definition) is 3. The first-order chi connectivity index (χ1) is 8.81. The maximum atomic E-state index is 12.1. The molecular weight excluding hydrogens is 268 g/mol. The molecule has 6 nitrogen and oxygen atoms in total. The molecule has 0 amide bonds. The van der Waals surface area contributed by atoms with Gasteiger partial charge in [0.15, 0.2) is 0 Å². The van der Waals surface area contributed by atoms with E-state index in [4.69, 9.17) is 5.11 Å². The molecule has 3 N–H and O–H groups in total. The van der Waals surface area contributed by atoms with Crippen LogP contribution < -0.4 is 10.0 Å². The Morgan fingerprint density at radius 1 is 1.42 bits per heavy atom. The lowest BCUT2D eigenvalue weighted by Gasteiger charge is -2.13. The van der Waals surface area contributed by atoms with Crippen LogP contribution in [0, 0.1) is 0 Å². The Kier molecular flexibility index (Phi) is 4.90. The van der Waals surface area contributed by atoms with Crippen LogP contribution in [0.15, 0.2) is 23.1 Å². The van der Waals surface area contributed by atoms with E-state index in [-0.39, 0.29) is 16.5 Å². The molecular formula is C12H18N2O4S. The zero-order valence-corrected chi connectivity index (χ0v) is 11.9. The van der Waals surface area contributed by atoms with Crippen molar-refractivity contribution < 1.29 is 18.3 Å². The minimum Gasteiger partial charge on any atom is -0.478 e. The summed E-state index contributed by atoms with van der Waals surface area (Å²) < 4.78 is 26.6. The van der Waals surface area contributed by atoms with E-state index < -0.39 is 16.0 Å². The van der Waals surface area contributed by atoms with Crippen LogP contribution in [0.25, 0.3) is 0 Å². The van der Waals surface area contributed by atoms with Crippen LogP contribution in [0.4, 0.5) is 5.69 Å². The molecule has 0 unspecified atom stereocenters. The zero-order chi connectivity index (χ0) is 14.6. The SMILES string of the molecule is CC[C@@H](C)NS(=O)(=O)c1ccc(NC)c(C(=O)O)c1. The third-order valence-corrected chi connectivity index (χ3v) is 4.36. The van der Waals surface area contributed by atoms with Gasteiger partial charge in [-0.05, 0) is 31.5 Å². The molecule has 1 aromatic carbocycles. The topological polar surface area (TPSA) is 95.5 Å². The van der Waals surface area contributed by atoms with Crippen LogP contribution in [-0.2, 0) is 10.0 Å². The highest BCUT2D eigenvalue weighted by Gasteiger charge is 2.19. The third-order valence-electron chi connectivity index (χ3n) is 2.77. The number of anilines is 1. The van der Waals surface area contributed by atoms with Crippen molar-refractivity contribution in [2.75, 3.05) is 12.4 Å². The number of carbonyl (C=O) groups is 1. The van der Waals surface area contributed by atoms with Crippen LogP contribution in [0.3, 0.4) is 0 Å². The number of rotatable bonds is 6. The fourth-order valence-corrected chi connectivity index (χ4v) is 2.85. The average Bonchev–Trinajstić information content (AvgIpc) is 2.37. The highest BCUT2D eigenvalue weighted by atomic mass is 32.2. The number of hydrogen-bond acceptors (Lipinski definition) is 4. The second-order valence-corrected chi connectivity index (χ2v) is 5.91. The van der Waals surface area contributed by atoms with Crippen LogP contribution in [0.2, 0.25) is 0 Å². The summed E-state index contributed by atoms with van der Waals surface area (Å²) >= 11 is 0. The lowest BCUT2D eigenvalue weighted by Crippen LogP contribution is -2.32. The molecule has 0 saturated carbocycles. The normalized spacial score (nSPS) is 13.0. The van der Waals surface area contributed by atoms with Gasteiger partial charge in [0.25, 0.3) is 0 Å². The van der Waals surface area contributed by atoms with Gasteiger partial charge < -0.3 is 10.4 Å². The maximum Gasteiger partial charge on any atom is 0.337 e. The van der Waals surface area contributed by atoms with E-state index in [1.807, 2.05) is 6.92 Å². The first-order valence-electron chi connectivity index (χ1n) is 5.89. The van der Waals surface area contributed by atoms with Gasteiger partial charge in [0, 0.05) is 18.8 Å². The summed E-state index contributed by atoms with van der Waals surface area (Å²) in [4.78, 5) is 11.0. The summed E-state index contributed by atoms with van der Waals surface area (Å²) in [6.07, 6.45) is 0.652. The van der Waals surface area contributed by atoms with Crippen LogP contribution >= 0.6 is 0 Å². The van der Waals surface area contributed by atoms with Crippen molar-refractivity contribution in [2.24, 2.45) is 0 Å². The highest BCUT2D eigenvalue weighted by molar-refractivity contribution is 7.89. The highest BCUT2D eigenvalue weighted by Crippen LogP contribution is 2.20. The number of nitrogens with one attached hydrogen (secondary N) is 2. The van der Waals surface area contributed by atoms with Gasteiger partial charge in [-0.2, -0.15) is 0 Å². The Morgan fingerprint density at radius 3 is 2.53 bits per heavy atom. The summed E-state index contributed by atoms with van der Waals surface area (Å²) in [6, 6.07) is 3.76. The molecule has 0 radical (unpaired) electrons. The molecule has 0 saturated heterocycles. The van der Waals surface area contributed by atoms with Crippen LogP contribution in [0.1, 0.15) is 30.6 Å². The Hall–Kier alpha value is -1.60. The molecule has 1 atom stereocenters. The van der Waals surface area contributed by atoms with Crippen molar-refractivity contribution in [3.8, 4) is 0 Å². The Bertz CT molecular complexity index is 569. The van der Waals surface area contributed by atoms with E-state index in [0.29, 0.717) is 12.1 Å². The summed E-state index contributed by atoms with van der Waals surface area (Å²) in [7, 11) is -2.12. The van der Waals surface area contributed by atoms with Gasteiger partial charge in [-0.15, -0.1) is 0 Å². The van der Waals surface area contributed by atoms with E-state index >= 15 is 0 Å². The van der Waals surface area contributed by atoms with E-state index in [9.17, 15) is 13.2 Å². The smallest absolute Gasteiger partial charge is 0.337 e. The quantitative estimate of drug-likeness (QED) is 0.736. The Labute approximate surface area is 112 Å². The monoisotopic (exact) mass is 286 g/mol. The first kappa shape index (κ1) is 15.5. The number of carboxylic acid groups (broad SMARTS) is 1. The predicted molar refractivity (Wildman–Crippen MR) is 73.0 cm³/mol. The summed E-state index contributed by atoms with van der Waals surface area (Å²) in [5, 5.41) is 11.8. The van der Waals surface area contributed by atoms with E-state index in [1.54, 1.807) is 14.0 Å². The van der Waals surface area contributed by atoms with Crippen molar-refractivity contribution in [3.63, 3.8) is 0 Å². The van der Waals surface area contributed by atoms with Gasteiger partial charge in [0.2, 0.25) is 10.0 Å². The fourth-order valence-electron chi connectivity index (χ4n) is 1.50. The maximum absolute atomic E-state index is 12.1. The minimum atomic E-state index is -3.69. The molecule has 0 heterocycles. The standard InChI is InChI=1S/C12H18N2O4S/c1-4-8(2)14-19(17,18)9-5-6-11(13-3)10(7-9)12(15)16/h5-8,13-14H,4H2,1-3H3,(H,15,16)/t8-/m1/s1. The molecule has 0 fully saturated rings. The molecule has 7 heteroatoms. The average molecular weight is 286 g/mol. The zero-order valence-electron chi connectivity index (χ0n) is 11.1. The minimum absolute atomic E-state index is 0.0517. The Morgan fingerprint density at radius 2 is 2.05 bits per heavy atom. The van der Waals surface area contributed by atoms with Crippen molar-refractivity contribution in [2.45, 2.75) is 31.2 Å². The van der Waals surface area contributed by atoms with E-state index in [2.05, 4.69) is 10.0 Å². The van der Waals surface area contributed by atoms with Crippen LogP contribution in [-0.4, -0.2) is 32.6 Å². The molecule has 0 aromatic heterocycles. The van der Waals surface area contributed by atoms with Gasteiger partial charge in [0.1, 0.15) is 0 Å². The van der Waals surface area contributed by atoms with Gasteiger partial charge >= 0.3 is 5.97 Å². The summed E-state index contributed by atoms with van der Waals surface area (Å²) in [6.45, 7) is 3.61. The predicted octanol–water partition coefficient (Wildman–Crippen LogP) is 1.50. The fraction of sp³-hybridized carbons (Fsp3) is 0.417. The van der Waals surface area contributed by atoms with E-state index in [1.165, 1.54) is 12.1 Å². The number of sulfonamides is 1. The molecule has 0 aliphatic rings. The lowest BCUT2D eigenvalue weighted by atomic mass is 10.2. The van der Waals surface area contributed by atoms with Crippen molar-refractivity contribution in [1.29, 1.82) is 0 Å². The number of benzene rings is 1. The summed E-state index contributed by atoms with van der Waals surface area (Å²) in [5.41, 5.74) is 0.296. The van der Waals surface area contributed by atoms with Crippen LogP contribution in [0.5, 0.6) is 0 Å². The Balaban J connectivity index is 3.22. The van der Waals surface area contributed by atoms with Crippen molar-refractivity contribution in [3.05, 3.63) is 23.8 Å².